The lowest BCUT2D eigenvalue weighted by Gasteiger charge is -2.41. The minimum atomic E-state index is -0.237. The third-order valence-electron chi connectivity index (χ3n) is 4.41. The van der Waals surface area contributed by atoms with Gasteiger partial charge in [-0.25, -0.2) is 9.97 Å². The maximum atomic E-state index is 5.91. The monoisotopic (exact) mass is 287 g/mol. The highest BCUT2D eigenvalue weighted by atomic mass is 16.5. The van der Waals surface area contributed by atoms with E-state index in [4.69, 9.17) is 9.26 Å². The molecule has 0 amide bonds. The summed E-state index contributed by atoms with van der Waals surface area (Å²) in [5.74, 6) is 2.10. The van der Waals surface area contributed by atoms with Crippen LogP contribution in [0.15, 0.2) is 23.0 Å². The molecule has 2 aromatic heterocycles. The first-order valence-corrected chi connectivity index (χ1v) is 7.22. The van der Waals surface area contributed by atoms with Crippen molar-refractivity contribution in [2.24, 2.45) is 0 Å². The predicted octanol–water partition coefficient (Wildman–Crippen LogP) is 1.11. The van der Waals surface area contributed by atoms with Crippen molar-refractivity contribution >= 4 is 5.95 Å². The number of ether oxygens (including phenoxy) is 1. The summed E-state index contributed by atoms with van der Waals surface area (Å²) in [6, 6.07) is 1.83. The van der Waals surface area contributed by atoms with Crippen LogP contribution in [0, 0.1) is 6.92 Å². The Labute approximate surface area is 122 Å². The molecular formula is C14H17N5O2. The van der Waals surface area contributed by atoms with Gasteiger partial charge in [0.15, 0.2) is 5.82 Å². The largest absolute Gasteiger partial charge is 0.377 e. The minimum Gasteiger partial charge on any atom is -0.377 e. The highest BCUT2D eigenvalue weighted by Crippen LogP contribution is 2.43. The molecule has 2 fully saturated rings. The number of aryl methyl sites for hydroxylation is 1. The molecule has 0 bridgehead atoms. The zero-order valence-electron chi connectivity index (χ0n) is 11.9. The first-order chi connectivity index (χ1) is 10.3. The van der Waals surface area contributed by atoms with Gasteiger partial charge in [-0.3, -0.25) is 0 Å². The van der Waals surface area contributed by atoms with Crippen LogP contribution in [0.5, 0.6) is 0 Å². The molecule has 0 spiro atoms. The smallest absolute Gasteiger partial charge is 0.237 e. The summed E-state index contributed by atoms with van der Waals surface area (Å²) in [6.07, 6.45) is 5.48. The standard InChI is InChI=1S/C14H17N5O2/c1-10-17-12(21-18-10)14-4-8-20-11(14)3-7-19(9-14)13-15-5-2-6-16-13/h2,5-6,11H,3-4,7-9H2,1H3/t11-,14-/m0/s1. The van der Waals surface area contributed by atoms with E-state index in [1.807, 2.05) is 13.0 Å². The van der Waals surface area contributed by atoms with Gasteiger partial charge in [-0.15, -0.1) is 0 Å². The van der Waals surface area contributed by atoms with Crippen LogP contribution < -0.4 is 4.90 Å². The lowest BCUT2D eigenvalue weighted by molar-refractivity contribution is 0.0525. The lowest BCUT2D eigenvalue weighted by atomic mass is 9.76. The van der Waals surface area contributed by atoms with E-state index in [2.05, 4.69) is 25.0 Å². The summed E-state index contributed by atoms with van der Waals surface area (Å²) in [5, 5.41) is 3.95. The molecule has 2 aliphatic rings. The van der Waals surface area contributed by atoms with Crippen molar-refractivity contribution in [1.82, 2.24) is 20.1 Å². The van der Waals surface area contributed by atoms with Gasteiger partial charge in [-0.05, 0) is 25.8 Å². The van der Waals surface area contributed by atoms with Crippen LogP contribution in [0.1, 0.15) is 24.6 Å². The van der Waals surface area contributed by atoms with Gasteiger partial charge in [0.05, 0.1) is 11.5 Å². The van der Waals surface area contributed by atoms with E-state index < -0.39 is 0 Å². The van der Waals surface area contributed by atoms with Crippen LogP contribution in [0.2, 0.25) is 0 Å². The molecule has 0 saturated carbocycles. The van der Waals surface area contributed by atoms with Crippen molar-refractivity contribution in [3.63, 3.8) is 0 Å². The Morgan fingerprint density at radius 3 is 2.95 bits per heavy atom. The van der Waals surface area contributed by atoms with E-state index in [9.17, 15) is 0 Å². The zero-order chi connectivity index (χ0) is 14.3. The number of hydrogen-bond donors (Lipinski definition) is 0. The maximum absolute atomic E-state index is 5.91. The molecule has 21 heavy (non-hydrogen) atoms. The van der Waals surface area contributed by atoms with Crippen molar-refractivity contribution in [2.75, 3.05) is 24.6 Å². The predicted molar refractivity (Wildman–Crippen MR) is 73.9 cm³/mol. The van der Waals surface area contributed by atoms with Gasteiger partial charge in [-0.1, -0.05) is 5.16 Å². The molecule has 0 aliphatic carbocycles. The molecular weight excluding hydrogens is 270 g/mol. The summed E-state index contributed by atoms with van der Waals surface area (Å²) in [4.78, 5) is 15.4. The van der Waals surface area contributed by atoms with Crippen LogP contribution in [0.25, 0.3) is 0 Å². The summed E-state index contributed by atoms with van der Waals surface area (Å²) in [5.41, 5.74) is -0.237. The second kappa shape index (κ2) is 4.77. The molecule has 0 N–H and O–H groups in total. The van der Waals surface area contributed by atoms with Crippen molar-refractivity contribution in [2.45, 2.75) is 31.3 Å². The van der Waals surface area contributed by atoms with E-state index in [1.165, 1.54) is 0 Å². The zero-order valence-corrected chi connectivity index (χ0v) is 11.9. The van der Waals surface area contributed by atoms with Crippen LogP contribution in [0.3, 0.4) is 0 Å². The average molecular weight is 287 g/mol. The molecule has 2 aromatic rings. The summed E-state index contributed by atoms with van der Waals surface area (Å²) < 4.78 is 11.4. The Balaban J connectivity index is 1.70. The lowest BCUT2D eigenvalue weighted by Crippen LogP contribution is -2.53. The number of anilines is 1. The van der Waals surface area contributed by atoms with Crippen molar-refractivity contribution in [1.29, 1.82) is 0 Å². The second-order valence-corrected chi connectivity index (χ2v) is 5.67. The molecule has 7 nitrogen and oxygen atoms in total. The van der Waals surface area contributed by atoms with Gasteiger partial charge in [0, 0.05) is 32.1 Å². The number of aromatic nitrogens is 4. The Morgan fingerprint density at radius 2 is 2.19 bits per heavy atom. The Morgan fingerprint density at radius 1 is 1.33 bits per heavy atom. The Kier molecular flexibility index (Phi) is 2.88. The van der Waals surface area contributed by atoms with Gasteiger partial charge >= 0.3 is 0 Å². The summed E-state index contributed by atoms with van der Waals surface area (Å²) >= 11 is 0. The molecule has 2 atom stereocenters. The quantitative estimate of drug-likeness (QED) is 0.818. The van der Waals surface area contributed by atoms with Crippen LogP contribution >= 0.6 is 0 Å². The number of piperidine rings is 1. The molecule has 110 valence electrons. The molecule has 0 unspecified atom stereocenters. The molecule has 2 saturated heterocycles. The molecule has 4 heterocycles. The van der Waals surface area contributed by atoms with E-state index in [1.54, 1.807) is 12.4 Å². The fourth-order valence-corrected chi connectivity index (χ4v) is 3.37. The van der Waals surface area contributed by atoms with E-state index in [0.717, 1.165) is 38.5 Å². The minimum absolute atomic E-state index is 0.136. The highest BCUT2D eigenvalue weighted by molar-refractivity contribution is 5.34. The van der Waals surface area contributed by atoms with Crippen LogP contribution in [-0.2, 0) is 10.2 Å². The van der Waals surface area contributed by atoms with Gasteiger partial charge in [-0.2, -0.15) is 4.98 Å². The van der Waals surface area contributed by atoms with E-state index in [-0.39, 0.29) is 11.5 Å². The van der Waals surface area contributed by atoms with Crippen LogP contribution in [-0.4, -0.2) is 45.9 Å². The average Bonchev–Trinajstić information content (AvgIpc) is 3.14. The van der Waals surface area contributed by atoms with Gasteiger partial charge in [0.2, 0.25) is 11.8 Å². The Hall–Kier alpha value is -2.02. The van der Waals surface area contributed by atoms with Crippen molar-refractivity contribution < 1.29 is 9.26 Å². The number of rotatable bonds is 2. The van der Waals surface area contributed by atoms with Gasteiger partial charge < -0.3 is 14.2 Å². The van der Waals surface area contributed by atoms with Crippen molar-refractivity contribution in [3.05, 3.63) is 30.2 Å². The van der Waals surface area contributed by atoms with Crippen LogP contribution in [0.4, 0.5) is 5.95 Å². The summed E-state index contributed by atoms with van der Waals surface area (Å²) in [7, 11) is 0. The van der Waals surface area contributed by atoms with Gasteiger partial charge in [0.25, 0.3) is 0 Å². The Bertz CT molecular complexity index is 631. The second-order valence-electron chi connectivity index (χ2n) is 5.67. The first kappa shape index (κ1) is 12.7. The topological polar surface area (TPSA) is 77.2 Å². The van der Waals surface area contributed by atoms with E-state index in [0.29, 0.717) is 11.7 Å². The fraction of sp³-hybridized carbons (Fsp3) is 0.571. The SMILES string of the molecule is Cc1noc([C@]23CCO[C@H]2CCN(c2ncccn2)C3)n1. The van der Waals surface area contributed by atoms with Gasteiger partial charge in [0.1, 0.15) is 0 Å². The molecule has 0 aromatic carbocycles. The number of fused-ring (bicyclic) bond motifs is 1. The maximum Gasteiger partial charge on any atom is 0.237 e. The van der Waals surface area contributed by atoms with Crippen molar-refractivity contribution in [3.8, 4) is 0 Å². The number of hydrogen-bond acceptors (Lipinski definition) is 7. The van der Waals surface area contributed by atoms with E-state index >= 15 is 0 Å². The molecule has 2 aliphatic heterocycles. The molecule has 0 radical (unpaired) electrons. The highest BCUT2D eigenvalue weighted by Gasteiger charge is 2.53. The number of nitrogens with zero attached hydrogens (tertiary/aromatic N) is 5. The third-order valence-corrected chi connectivity index (χ3v) is 4.41. The molecule has 7 heteroatoms. The molecule has 4 rings (SSSR count). The fourth-order valence-electron chi connectivity index (χ4n) is 3.37. The normalized spacial score (nSPS) is 28.6. The third kappa shape index (κ3) is 1.99. The first-order valence-electron chi connectivity index (χ1n) is 7.22. The summed E-state index contributed by atoms with van der Waals surface area (Å²) in [6.45, 7) is 4.21.